The number of halogens is 1. The summed E-state index contributed by atoms with van der Waals surface area (Å²) in [7, 11) is 0. The molecular formula is C15H23FN2O. The van der Waals surface area contributed by atoms with Crippen LogP contribution in [0.3, 0.4) is 0 Å². The topological polar surface area (TPSA) is 38.5 Å². The summed E-state index contributed by atoms with van der Waals surface area (Å²) in [5.74, 6) is -0.227. The molecule has 106 valence electrons. The number of hydrogen-bond acceptors (Lipinski definition) is 3. The van der Waals surface area contributed by atoms with Crippen LogP contribution in [0.25, 0.3) is 0 Å². The zero-order valence-corrected chi connectivity index (χ0v) is 11.7. The number of nitrogens with zero attached hydrogens (tertiary/aromatic N) is 1. The summed E-state index contributed by atoms with van der Waals surface area (Å²) in [5, 5.41) is 0. The van der Waals surface area contributed by atoms with Crippen LogP contribution in [0.15, 0.2) is 18.2 Å². The van der Waals surface area contributed by atoms with E-state index >= 15 is 0 Å². The molecule has 1 saturated heterocycles. The van der Waals surface area contributed by atoms with Crippen molar-refractivity contribution in [3.63, 3.8) is 0 Å². The highest BCUT2D eigenvalue weighted by atomic mass is 19.1. The molecule has 0 aliphatic carbocycles. The summed E-state index contributed by atoms with van der Waals surface area (Å²) in [5.41, 5.74) is 7.87. The molecule has 3 nitrogen and oxygen atoms in total. The molecule has 2 rings (SSSR count). The predicted octanol–water partition coefficient (Wildman–Crippen LogP) is 2.85. The summed E-state index contributed by atoms with van der Waals surface area (Å²) in [6, 6.07) is 4.72. The molecule has 19 heavy (non-hydrogen) atoms. The Morgan fingerprint density at radius 2 is 2.32 bits per heavy atom. The van der Waals surface area contributed by atoms with E-state index in [-0.39, 0.29) is 18.0 Å². The Labute approximate surface area is 114 Å². The van der Waals surface area contributed by atoms with Gasteiger partial charge in [-0.3, -0.25) is 0 Å². The maximum absolute atomic E-state index is 13.4. The molecule has 2 unspecified atom stereocenters. The van der Waals surface area contributed by atoms with Crippen molar-refractivity contribution in [2.24, 2.45) is 5.73 Å². The van der Waals surface area contributed by atoms with E-state index in [1.165, 1.54) is 6.07 Å². The molecule has 0 radical (unpaired) electrons. The van der Waals surface area contributed by atoms with Gasteiger partial charge in [-0.05, 0) is 50.5 Å². The minimum atomic E-state index is -0.227. The van der Waals surface area contributed by atoms with Gasteiger partial charge >= 0.3 is 0 Å². The third-order valence-electron chi connectivity index (χ3n) is 3.60. The maximum atomic E-state index is 13.4. The molecule has 1 aliphatic heterocycles. The van der Waals surface area contributed by atoms with Crippen LogP contribution in [0, 0.1) is 5.82 Å². The van der Waals surface area contributed by atoms with Gasteiger partial charge in [0.25, 0.3) is 0 Å². The number of anilines is 1. The van der Waals surface area contributed by atoms with Gasteiger partial charge in [0.15, 0.2) is 0 Å². The smallest absolute Gasteiger partial charge is 0.123 e. The van der Waals surface area contributed by atoms with Crippen LogP contribution in [0.5, 0.6) is 0 Å². The lowest BCUT2D eigenvalue weighted by Gasteiger charge is -2.35. The fraction of sp³-hybridized carbons (Fsp3) is 0.600. The minimum Gasteiger partial charge on any atom is -0.377 e. The molecule has 1 aromatic rings. The second-order valence-corrected chi connectivity index (χ2v) is 5.16. The highest BCUT2D eigenvalue weighted by Gasteiger charge is 2.22. The van der Waals surface area contributed by atoms with Crippen LogP contribution in [-0.4, -0.2) is 25.8 Å². The molecule has 0 amide bonds. The van der Waals surface area contributed by atoms with Gasteiger partial charge in [0.1, 0.15) is 5.82 Å². The average Bonchev–Trinajstić information content (AvgIpc) is 2.39. The van der Waals surface area contributed by atoms with E-state index in [4.69, 9.17) is 10.5 Å². The molecule has 1 fully saturated rings. The fourth-order valence-electron chi connectivity index (χ4n) is 2.71. The molecule has 1 heterocycles. The van der Waals surface area contributed by atoms with Crippen LogP contribution in [0.4, 0.5) is 10.1 Å². The van der Waals surface area contributed by atoms with Gasteiger partial charge in [-0.2, -0.15) is 0 Å². The first-order valence-corrected chi connectivity index (χ1v) is 7.03. The lowest BCUT2D eigenvalue weighted by Crippen LogP contribution is -2.40. The van der Waals surface area contributed by atoms with Crippen LogP contribution < -0.4 is 10.6 Å². The van der Waals surface area contributed by atoms with Crippen LogP contribution in [0.2, 0.25) is 0 Å². The summed E-state index contributed by atoms with van der Waals surface area (Å²) in [6.07, 6.45) is 2.46. The van der Waals surface area contributed by atoms with Gasteiger partial charge in [-0.1, -0.05) is 0 Å². The Kier molecular flexibility index (Phi) is 4.77. The summed E-state index contributed by atoms with van der Waals surface area (Å²) < 4.78 is 19.1. The predicted molar refractivity (Wildman–Crippen MR) is 75.9 cm³/mol. The van der Waals surface area contributed by atoms with Crippen LogP contribution >= 0.6 is 0 Å². The summed E-state index contributed by atoms with van der Waals surface area (Å²) in [4.78, 5) is 2.27. The van der Waals surface area contributed by atoms with Crippen molar-refractivity contribution in [3.05, 3.63) is 29.6 Å². The van der Waals surface area contributed by atoms with Crippen molar-refractivity contribution < 1.29 is 9.13 Å². The standard InChI is InChI=1S/C15H23FN2O/c1-3-19-13-5-4-8-18(10-13)15-7-6-12(16)9-14(15)11(2)17/h6-7,9,11,13H,3-5,8,10,17H2,1-2H3. The van der Waals surface area contributed by atoms with Crippen molar-refractivity contribution >= 4 is 5.69 Å². The summed E-state index contributed by atoms with van der Waals surface area (Å²) >= 11 is 0. The van der Waals surface area contributed by atoms with Crippen LogP contribution in [0.1, 0.15) is 38.3 Å². The number of ether oxygens (including phenoxy) is 1. The molecule has 2 atom stereocenters. The largest absolute Gasteiger partial charge is 0.377 e. The van der Waals surface area contributed by atoms with E-state index in [0.717, 1.165) is 43.8 Å². The third kappa shape index (κ3) is 3.45. The van der Waals surface area contributed by atoms with Gasteiger partial charge in [-0.15, -0.1) is 0 Å². The number of benzene rings is 1. The minimum absolute atomic E-state index is 0.168. The summed E-state index contributed by atoms with van der Waals surface area (Å²) in [6.45, 7) is 6.49. The van der Waals surface area contributed by atoms with E-state index in [2.05, 4.69) is 4.90 Å². The van der Waals surface area contributed by atoms with E-state index in [1.807, 2.05) is 19.9 Å². The molecule has 4 heteroatoms. The number of piperidine rings is 1. The lowest BCUT2D eigenvalue weighted by atomic mass is 10.0. The van der Waals surface area contributed by atoms with Gasteiger partial charge in [0.05, 0.1) is 6.10 Å². The first-order chi connectivity index (χ1) is 9.11. The van der Waals surface area contributed by atoms with Crippen molar-refractivity contribution in [2.45, 2.75) is 38.8 Å². The molecule has 0 bridgehead atoms. The molecule has 0 spiro atoms. The van der Waals surface area contributed by atoms with Crippen molar-refractivity contribution in [1.29, 1.82) is 0 Å². The molecule has 2 N–H and O–H groups in total. The average molecular weight is 266 g/mol. The monoisotopic (exact) mass is 266 g/mol. The Hall–Kier alpha value is -1.13. The molecule has 0 aromatic heterocycles. The highest BCUT2D eigenvalue weighted by Crippen LogP contribution is 2.29. The zero-order valence-electron chi connectivity index (χ0n) is 11.7. The van der Waals surface area contributed by atoms with Gasteiger partial charge in [0, 0.05) is 31.4 Å². The quantitative estimate of drug-likeness (QED) is 0.910. The lowest BCUT2D eigenvalue weighted by molar-refractivity contribution is 0.0526. The second-order valence-electron chi connectivity index (χ2n) is 5.16. The zero-order chi connectivity index (χ0) is 13.8. The van der Waals surface area contributed by atoms with E-state index in [9.17, 15) is 4.39 Å². The number of rotatable bonds is 4. The van der Waals surface area contributed by atoms with Crippen LogP contribution in [-0.2, 0) is 4.74 Å². The van der Waals surface area contributed by atoms with Gasteiger partial charge in [0.2, 0.25) is 0 Å². The first-order valence-electron chi connectivity index (χ1n) is 7.03. The molecular weight excluding hydrogens is 243 g/mol. The highest BCUT2D eigenvalue weighted by molar-refractivity contribution is 5.55. The van der Waals surface area contributed by atoms with E-state index < -0.39 is 0 Å². The van der Waals surface area contributed by atoms with Crippen molar-refractivity contribution in [2.75, 3.05) is 24.6 Å². The first kappa shape index (κ1) is 14.3. The fourth-order valence-corrected chi connectivity index (χ4v) is 2.71. The Morgan fingerprint density at radius 3 is 3.00 bits per heavy atom. The Balaban J connectivity index is 2.20. The Morgan fingerprint density at radius 1 is 1.53 bits per heavy atom. The molecule has 1 aromatic carbocycles. The number of nitrogens with two attached hydrogens (primary N) is 1. The SMILES string of the molecule is CCOC1CCCN(c2ccc(F)cc2C(C)N)C1. The van der Waals surface area contributed by atoms with Gasteiger partial charge < -0.3 is 15.4 Å². The van der Waals surface area contributed by atoms with Gasteiger partial charge in [-0.25, -0.2) is 4.39 Å². The Bertz CT molecular complexity index is 421. The third-order valence-corrected chi connectivity index (χ3v) is 3.60. The number of hydrogen-bond donors (Lipinski definition) is 1. The maximum Gasteiger partial charge on any atom is 0.123 e. The second kappa shape index (κ2) is 6.35. The van der Waals surface area contributed by atoms with E-state index in [1.54, 1.807) is 6.07 Å². The van der Waals surface area contributed by atoms with Crippen molar-refractivity contribution in [3.8, 4) is 0 Å². The van der Waals surface area contributed by atoms with Crippen molar-refractivity contribution in [1.82, 2.24) is 0 Å². The normalized spacial score (nSPS) is 21.5. The van der Waals surface area contributed by atoms with E-state index in [0.29, 0.717) is 0 Å². The molecule has 0 saturated carbocycles. The molecule has 1 aliphatic rings.